The Bertz CT molecular complexity index is 615. The van der Waals surface area contributed by atoms with Crippen molar-refractivity contribution < 1.29 is 8.42 Å². The molecule has 0 heterocycles. The molecule has 1 aromatic carbocycles. The van der Waals surface area contributed by atoms with Gasteiger partial charge in [-0.3, -0.25) is 0 Å². The van der Waals surface area contributed by atoms with E-state index < -0.39 is 9.84 Å². The lowest BCUT2D eigenvalue weighted by molar-refractivity contribution is 0.597. The number of benzene rings is 1. The van der Waals surface area contributed by atoms with Crippen molar-refractivity contribution in [3.8, 4) is 12.1 Å². The Hall–Kier alpha value is -2.31. The molecular formula is C12H11N3O2S. The topological polar surface area (TPSA) is 93.8 Å². The van der Waals surface area contributed by atoms with E-state index in [2.05, 4.69) is 5.32 Å². The first-order valence-electron chi connectivity index (χ1n) is 5.13. The molecule has 0 fully saturated rings. The number of nitriles is 2. The maximum atomic E-state index is 11.6. The minimum absolute atomic E-state index is 0.0483. The molecule has 0 aliphatic rings. The molecule has 0 bridgehead atoms. The minimum atomic E-state index is -3.20. The number of anilines is 1. The number of sulfone groups is 1. The van der Waals surface area contributed by atoms with Gasteiger partial charge in [0, 0.05) is 11.9 Å². The summed E-state index contributed by atoms with van der Waals surface area (Å²) in [5.74, 6) is 0.0483. The van der Waals surface area contributed by atoms with Crippen LogP contribution in [0.25, 0.3) is 0 Å². The third kappa shape index (κ3) is 3.34. The van der Waals surface area contributed by atoms with E-state index in [4.69, 9.17) is 10.5 Å². The lowest BCUT2D eigenvalue weighted by Gasteiger charge is -2.03. The number of hydrogen-bond donors (Lipinski definition) is 1. The second-order valence-electron chi connectivity index (χ2n) is 3.35. The summed E-state index contributed by atoms with van der Waals surface area (Å²) in [4.78, 5) is 0.250. The molecule has 0 unspecified atom stereocenters. The first kappa shape index (κ1) is 13.8. The molecule has 0 saturated carbocycles. The van der Waals surface area contributed by atoms with Crippen molar-refractivity contribution in [3.63, 3.8) is 0 Å². The Kier molecular flexibility index (Phi) is 4.47. The van der Waals surface area contributed by atoms with Crippen LogP contribution in [0.5, 0.6) is 0 Å². The fourth-order valence-electron chi connectivity index (χ4n) is 1.17. The van der Waals surface area contributed by atoms with Gasteiger partial charge in [-0.1, -0.05) is 6.92 Å². The number of nitrogens with zero attached hydrogens (tertiary/aromatic N) is 2. The lowest BCUT2D eigenvalue weighted by atomic mass is 10.3. The van der Waals surface area contributed by atoms with Gasteiger partial charge in [-0.05, 0) is 24.3 Å². The van der Waals surface area contributed by atoms with E-state index in [9.17, 15) is 8.42 Å². The van der Waals surface area contributed by atoms with E-state index in [0.717, 1.165) is 0 Å². The van der Waals surface area contributed by atoms with Gasteiger partial charge in [-0.2, -0.15) is 10.5 Å². The highest BCUT2D eigenvalue weighted by molar-refractivity contribution is 7.91. The van der Waals surface area contributed by atoms with E-state index in [1.807, 2.05) is 0 Å². The first-order chi connectivity index (χ1) is 8.53. The Morgan fingerprint density at radius 1 is 1.28 bits per heavy atom. The Morgan fingerprint density at radius 2 is 1.83 bits per heavy atom. The maximum Gasteiger partial charge on any atom is 0.178 e. The van der Waals surface area contributed by atoms with E-state index in [-0.39, 0.29) is 16.2 Å². The third-order valence-electron chi connectivity index (χ3n) is 2.22. The zero-order chi connectivity index (χ0) is 13.6. The Balaban J connectivity index is 2.90. The van der Waals surface area contributed by atoms with Crippen molar-refractivity contribution in [3.05, 3.63) is 36.0 Å². The molecule has 0 atom stereocenters. The van der Waals surface area contributed by atoms with Crippen molar-refractivity contribution >= 4 is 15.5 Å². The van der Waals surface area contributed by atoms with E-state index in [0.29, 0.717) is 5.69 Å². The molecule has 1 aromatic rings. The van der Waals surface area contributed by atoms with Gasteiger partial charge in [0.05, 0.1) is 10.6 Å². The molecule has 0 aliphatic heterocycles. The van der Waals surface area contributed by atoms with Crippen LogP contribution in [0.2, 0.25) is 0 Å². The molecule has 0 amide bonds. The largest absolute Gasteiger partial charge is 0.360 e. The van der Waals surface area contributed by atoms with Crippen molar-refractivity contribution in [1.82, 2.24) is 0 Å². The molecule has 5 nitrogen and oxygen atoms in total. The second-order valence-corrected chi connectivity index (χ2v) is 5.63. The standard InChI is InChI=1S/C12H11N3O2S/c1-2-18(16,17)12-5-3-11(4-6-12)15-9-10(7-13)8-14/h3-6,9,15H,2H2,1H3. The smallest absolute Gasteiger partial charge is 0.178 e. The van der Waals surface area contributed by atoms with Crippen molar-refractivity contribution in [2.45, 2.75) is 11.8 Å². The summed E-state index contributed by atoms with van der Waals surface area (Å²) < 4.78 is 23.1. The highest BCUT2D eigenvalue weighted by Gasteiger charge is 2.10. The van der Waals surface area contributed by atoms with E-state index >= 15 is 0 Å². The van der Waals surface area contributed by atoms with Crippen molar-refractivity contribution in [1.29, 1.82) is 10.5 Å². The zero-order valence-electron chi connectivity index (χ0n) is 9.71. The summed E-state index contributed by atoms with van der Waals surface area (Å²) in [6, 6.07) is 9.53. The summed E-state index contributed by atoms with van der Waals surface area (Å²) in [6.45, 7) is 1.58. The summed E-state index contributed by atoms with van der Waals surface area (Å²) >= 11 is 0. The van der Waals surface area contributed by atoms with Crippen LogP contribution < -0.4 is 5.32 Å². The van der Waals surface area contributed by atoms with Gasteiger partial charge >= 0.3 is 0 Å². The number of allylic oxidation sites excluding steroid dienone is 1. The van der Waals surface area contributed by atoms with Gasteiger partial charge in [0.15, 0.2) is 9.84 Å². The fourth-order valence-corrected chi connectivity index (χ4v) is 2.05. The van der Waals surface area contributed by atoms with Crippen LogP contribution in [-0.2, 0) is 9.84 Å². The van der Waals surface area contributed by atoms with Gasteiger partial charge in [-0.25, -0.2) is 8.42 Å². The molecule has 6 heteroatoms. The Labute approximate surface area is 106 Å². The average Bonchev–Trinajstić information content (AvgIpc) is 2.40. The molecule has 0 aromatic heterocycles. The molecular weight excluding hydrogens is 250 g/mol. The van der Waals surface area contributed by atoms with Crippen LogP contribution in [-0.4, -0.2) is 14.2 Å². The van der Waals surface area contributed by atoms with Crippen molar-refractivity contribution in [2.24, 2.45) is 0 Å². The number of rotatable bonds is 4. The average molecular weight is 261 g/mol. The second kappa shape index (κ2) is 5.85. The molecule has 92 valence electrons. The maximum absolute atomic E-state index is 11.6. The van der Waals surface area contributed by atoms with Crippen LogP contribution >= 0.6 is 0 Å². The predicted octanol–water partition coefficient (Wildman–Crippen LogP) is 1.82. The lowest BCUT2D eigenvalue weighted by Crippen LogP contribution is -2.03. The van der Waals surface area contributed by atoms with Crippen LogP contribution in [0.15, 0.2) is 40.9 Å². The number of nitrogens with one attached hydrogen (secondary N) is 1. The van der Waals surface area contributed by atoms with Gasteiger partial charge in [0.25, 0.3) is 0 Å². The molecule has 0 aliphatic carbocycles. The SMILES string of the molecule is CCS(=O)(=O)c1ccc(NC=C(C#N)C#N)cc1. The van der Waals surface area contributed by atoms with Crippen molar-refractivity contribution in [2.75, 3.05) is 11.1 Å². The van der Waals surface area contributed by atoms with Crippen LogP contribution in [0.4, 0.5) is 5.69 Å². The minimum Gasteiger partial charge on any atom is -0.360 e. The van der Waals surface area contributed by atoms with Crippen LogP contribution in [0, 0.1) is 22.7 Å². The van der Waals surface area contributed by atoms with Gasteiger partial charge in [0.1, 0.15) is 17.7 Å². The summed E-state index contributed by atoms with van der Waals surface area (Å²) in [6.07, 6.45) is 1.27. The summed E-state index contributed by atoms with van der Waals surface area (Å²) in [5, 5.41) is 19.8. The molecule has 0 spiro atoms. The molecule has 0 saturated heterocycles. The highest BCUT2D eigenvalue weighted by atomic mass is 32.2. The summed E-state index contributed by atoms with van der Waals surface area (Å²) in [5.41, 5.74) is 0.549. The van der Waals surface area contributed by atoms with E-state index in [1.54, 1.807) is 31.2 Å². The van der Waals surface area contributed by atoms with Gasteiger partial charge < -0.3 is 5.32 Å². The predicted molar refractivity (Wildman–Crippen MR) is 67.1 cm³/mol. The molecule has 0 radical (unpaired) electrons. The normalized spacial score (nSPS) is 9.94. The number of hydrogen-bond acceptors (Lipinski definition) is 5. The fraction of sp³-hybridized carbons (Fsp3) is 0.167. The molecule has 18 heavy (non-hydrogen) atoms. The summed E-state index contributed by atoms with van der Waals surface area (Å²) in [7, 11) is -3.20. The first-order valence-corrected chi connectivity index (χ1v) is 6.78. The molecule has 1 N–H and O–H groups in total. The van der Waals surface area contributed by atoms with Crippen LogP contribution in [0.1, 0.15) is 6.92 Å². The third-order valence-corrected chi connectivity index (χ3v) is 3.97. The van der Waals surface area contributed by atoms with E-state index in [1.165, 1.54) is 18.3 Å². The zero-order valence-corrected chi connectivity index (χ0v) is 10.5. The molecule has 1 rings (SSSR count). The van der Waals surface area contributed by atoms with Gasteiger partial charge in [0.2, 0.25) is 0 Å². The Morgan fingerprint density at radius 3 is 2.28 bits per heavy atom. The quantitative estimate of drug-likeness (QED) is 0.834. The van der Waals surface area contributed by atoms with Gasteiger partial charge in [-0.15, -0.1) is 0 Å². The van der Waals surface area contributed by atoms with Crippen LogP contribution in [0.3, 0.4) is 0 Å². The monoisotopic (exact) mass is 261 g/mol. The highest BCUT2D eigenvalue weighted by Crippen LogP contribution is 2.15.